The van der Waals surface area contributed by atoms with E-state index in [-0.39, 0.29) is 25.7 Å². The molecule has 4 heteroatoms. The van der Waals surface area contributed by atoms with Gasteiger partial charge < -0.3 is 14.9 Å². The van der Waals surface area contributed by atoms with Crippen molar-refractivity contribution in [1.29, 1.82) is 0 Å². The Hall–Kier alpha value is -1.96. The van der Waals surface area contributed by atoms with Crippen LogP contribution in [0.5, 0.6) is 0 Å². The molecule has 6 rings (SSSR count). The van der Waals surface area contributed by atoms with Crippen molar-refractivity contribution in [2.24, 2.45) is 5.92 Å². The zero-order valence-electron chi connectivity index (χ0n) is 34.1. The van der Waals surface area contributed by atoms with E-state index in [0.29, 0.717) is 17.0 Å². The van der Waals surface area contributed by atoms with Crippen molar-refractivity contribution >= 4 is 37.3 Å². The molecular weight excluding hydrogens is 767 g/mol. The van der Waals surface area contributed by atoms with Gasteiger partial charge >= 0.3 is 37.9 Å². The molecule has 4 aromatic rings. The van der Waals surface area contributed by atoms with Crippen molar-refractivity contribution in [3.8, 4) is 22.3 Å². The van der Waals surface area contributed by atoms with Crippen LogP contribution in [0, 0.1) is 20.8 Å². The van der Waals surface area contributed by atoms with Crippen LogP contribution >= 0.6 is 17.0 Å². The minimum atomic E-state index is -2.02. The second-order valence-corrected chi connectivity index (χ2v) is 25.6. The molecule has 0 saturated carbocycles. The molecule has 0 heterocycles. The van der Waals surface area contributed by atoms with Crippen LogP contribution in [-0.4, -0.2) is 8.07 Å². The molecule has 0 aliphatic heterocycles. The van der Waals surface area contributed by atoms with Crippen LogP contribution in [0.4, 0.5) is 0 Å². The molecule has 0 saturated heterocycles. The zero-order valence-corrected chi connectivity index (χ0v) is 39.1. The van der Waals surface area contributed by atoms with Gasteiger partial charge in [-0.2, -0.15) is 0 Å². The third kappa shape index (κ3) is 8.47. The fraction of sp³-hybridized carbons (Fsp3) is 0.375. The summed E-state index contributed by atoms with van der Waals surface area (Å²) in [5.74, 6) is 0.506. The SMILES string of the molecule is CC[Si](CC)(C1C(C)=Cc2c(-c3ccc(C(C)(C)C)cc3)cccc21)C1C(C(C)C)=Cc2c(-c3ccc(C(C)(C)C)cc3)cccc21.[CH3-].[CH3-].[Cl][Zr+2][Cl]. The molecule has 2 aliphatic rings. The molecule has 2 aliphatic carbocycles. The summed E-state index contributed by atoms with van der Waals surface area (Å²) in [5.41, 5.74) is 18.8. The first kappa shape index (κ1) is 44.4. The van der Waals surface area contributed by atoms with Gasteiger partial charge in [0.2, 0.25) is 0 Å². The Labute approximate surface area is 338 Å². The van der Waals surface area contributed by atoms with Gasteiger partial charge in [-0.15, -0.1) is 0 Å². The van der Waals surface area contributed by atoms with Crippen molar-refractivity contribution in [3.63, 3.8) is 0 Å². The maximum atomic E-state index is 4.93. The van der Waals surface area contributed by atoms with Crippen molar-refractivity contribution in [3.05, 3.63) is 144 Å². The van der Waals surface area contributed by atoms with Gasteiger partial charge in [0.1, 0.15) is 0 Å². The summed E-state index contributed by atoms with van der Waals surface area (Å²) >= 11 is -0.826. The quantitative estimate of drug-likeness (QED) is 0.129. The summed E-state index contributed by atoms with van der Waals surface area (Å²) in [5, 5.41) is 0. The van der Waals surface area contributed by atoms with E-state index in [9.17, 15) is 0 Å². The normalized spacial score (nSPS) is 16.3. The summed E-state index contributed by atoms with van der Waals surface area (Å²) in [6.07, 6.45) is 5.18. The molecule has 0 spiro atoms. The summed E-state index contributed by atoms with van der Waals surface area (Å²) < 4.78 is 0. The summed E-state index contributed by atoms with van der Waals surface area (Å²) in [6.45, 7) is 26.1. The van der Waals surface area contributed by atoms with Gasteiger partial charge in [0, 0.05) is 11.1 Å². The Morgan fingerprint density at radius 1 is 0.615 bits per heavy atom. The number of hydrogen-bond donors (Lipinski definition) is 0. The third-order valence-electron chi connectivity index (χ3n) is 11.6. The summed E-state index contributed by atoms with van der Waals surface area (Å²) in [6, 6.07) is 35.6. The van der Waals surface area contributed by atoms with Crippen LogP contribution in [0.1, 0.15) is 121 Å². The van der Waals surface area contributed by atoms with Crippen LogP contribution in [0.3, 0.4) is 0 Å². The van der Waals surface area contributed by atoms with Gasteiger partial charge in [-0.25, -0.2) is 0 Å². The van der Waals surface area contributed by atoms with Gasteiger partial charge in [0.05, 0.1) is 8.07 Å². The second kappa shape index (κ2) is 17.7. The van der Waals surface area contributed by atoms with E-state index in [1.54, 1.807) is 22.3 Å². The van der Waals surface area contributed by atoms with E-state index in [1.807, 2.05) is 0 Å². The van der Waals surface area contributed by atoms with Crippen molar-refractivity contribution in [2.45, 2.75) is 110 Å². The molecule has 0 radical (unpaired) electrons. The average molecular weight is 829 g/mol. The first-order valence-electron chi connectivity index (χ1n) is 18.5. The Morgan fingerprint density at radius 2 is 1.00 bits per heavy atom. The first-order valence-corrected chi connectivity index (χ1v) is 27.4. The Balaban J connectivity index is 0.00000141. The van der Waals surface area contributed by atoms with E-state index in [4.69, 9.17) is 17.0 Å². The number of halogens is 2. The van der Waals surface area contributed by atoms with Crippen LogP contribution in [0.2, 0.25) is 12.1 Å². The van der Waals surface area contributed by atoms with E-state index < -0.39 is 28.9 Å². The van der Waals surface area contributed by atoms with Crippen molar-refractivity contribution in [2.75, 3.05) is 0 Å². The van der Waals surface area contributed by atoms with Crippen molar-refractivity contribution < 1.29 is 20.8 Å². The van der Waals surface area contributed by atoms with Crippen LogP contribution < -0.4 is 0 Å². The zero-order chi connectivity index (χ0) is 36.6. The fourth-order valence-electron chi connectivity index (χ4n) is 8.92. The number of rotatable bonds is 7. The molecule has 0 amide bonds. The Kier molecular flexibility index (Phi) is 15.1. The molecule has 52 heavy (non-hydrogen) atoms. The number of hydrogen-bond acceptors (Lipinski definition) is 0. The standard InChI is InChI=1S/C46H56Si.2CH3.2ClH.Zr/c1-12-47(13-2,43-31(5)28-41-36(16-14-18-38(41)43)32-20-24-34(25-21-32)45(6,7)8)44-39-19-15-17-37(42(39)29-40(44)30(3)4)33-22-26-35(27-23-33)46(9,10)11;;;;;/h14-30,43-44H,12-13H2,1-11H3;2*1H3;2*1H;/q;2*-1;;;+4/p-2. The van der Waals surface area contributed by atoms with Gasteiger partial charge in [-0.3, -0.25) is 0 Å². The molecule has 0 N–H and O–H groups in total. The molecule has 2 atom stereocenters. The van der Waals surface area contributed by atoms with Crippen LogP contribution in [0.25, 0.3) is 34.4 Å². The van der Waals surface area contributed by atoms with Crippen molar-refractivity contribution in [1.82, 2.24) is 0 Å². The molecule has 0 fully saturated rings. The topological polar surface area (TPSA) is 0 Å². The number of benzene rings is 4. The van der Waals surface area contributed by atoms with Crippen LogP contribution in [0.15, 0.2) is 96.1 Å². The molecule has 0 nitrogen and oxygen atoms in total. The molecule has 0 bridgehead atoms. The van der Waals surface area contributed by atoms with E-state index in [0.717, 1.165) is 0 Å². The third-order valence-corrected chi connectivity index (χ3v) is 18.0. The monoisotopic (exact) mass is 826 g/mol. The molecule has 0 aromatic heterocycles. The predicted molar refractivity (Wildman–Crippen MR) is 234 cm³/mol. The molecule has 2 unspecified atom stereocenters. The predicted octanol–water partition coefficient (Wildman–Crippen LogP) is 15.8. The minimum absolute atomic E-state index is 0. The van der Waals surface area contributed by atoms with Gasteiger partial charge in [0.15, 0.2) is 0 Å². The molecular formula is C48H62Cl2SiZr. The maximum absolute atomic E-state index is 4.93. The second-order valence-electron chi connectivity index (χ2n) is 16.8. The molecule has 276 valence electrons. The molecule has 4 aromatic carbocycles. The average Bonchev–Trinajstić information content (AvgIpc) is 3.64. The summed E-state index contributed by atoms with van der Waals surface area (Å²) in [4.78, 5) is 0. The summed E-state index contributed by atoms with van der Waals surface area (Å²) in [7, 11) is 7.85. The first-order chi connectivity index (χ1) is 23.6. The van der Waals surface area contributed by atoms with E-state index in [2.05, 4.69) is 173 Å². The van der Waals surface area contributed by atoms with Gasteiger partial charge in [-0.1, -0.05) is 190 Å². The fourth-order valence-corrected chi connectivity index (χ4v) is 15.2. The Morgan fingerprint density at radius 3 is 1.37 bits per heavy atom. The number of fused-ring (bicyclic) bond motifs is 2. The number of allylic oxidation sites excluding steroid dienone is 2. The van der Waals surface area contributed by atoms with Crippen LogP contribution in [-0.2, 0) is 31.7 Å². The Bertz CT molecular complexity index is 1860. The van der Waals surface area contributed by atoms with E-state index in [1.165, 1.54) is 56.6 Å². The van der Waals surface area contributed by atoms with Gasteiger partial charge in [0.25, 0.3) is 0 Å². The van der Waals surface area contributed by atoms with E-state index >= 15 is 0 Å². The van der Waals surface area contributed by atoms with Gasteiger partial charge in [-0.05, 0) is 79.3 Å².